The van der Waals surface area contributed by atoms with Gasteiger partial charge in [-0.1, -0.05) is 19.0 Å². The molecule has 1 saturated heterocycles. The maximum atomic E-state index is 5.33. The van der Waals surface area contributed by atoms with Gasteiger partial charge in [0, 0.05) is 25.0 Å². The van der Waals surface area contributed by atoms with Crippen molar-refractivity contribution in [1.82, 2.24) is 20.4 Å². The molecule has 1 fully saturated rings. The van der Waals surface area contributed by atoms with E-state index in [4.69, 9.17) is 4.52 Å². The van der Waals surface area contributed by atoms with Crippen molar-refractivity contribution in [2.45, 2.75) is 52.1 Å². The van der Waals surface area contributed by atoms with Crippen molar-refractivity contribution in [3.63, 3.8) is 0 Å². The monoisotopic (exact) mass is 266 g/mol. The number of piperidine rings is 1. The molecule has 108 valence electrons. The summed E-state index contributed by atoms with van der Waals surface area (Å²) in [4.78, 5) is 6.86. The van der Waals surface area contributed by atoms with Crippen LogP contribution in [0, 0.1) is 5.92 Å². The fraction of sp³-hybridized carbons (Fsp3) is 0.857. The van der Waals surface area contributed by atoms with E-state index in [0.717, 1.165) is 50.6 Å². The first-order chi connectivity index (χ1) is 9.00. The lowest BCUT2D eigenvalue weighted by Gasteiger charge is -2.38. The number of aromatic nitrogens is 2. The number of hydrogen-bond acceptors (Lipinski definition) is 5. The summed E-state index contributed by atoms with van der Waals surface area (Å²) in [6.07, 6.45) is 3.22. The molecule has 0 atom stereocenters. The van der Waals surface area contributed by atoms with Crippen LogP contribution >= 0.6 is 0 Å². The van der Waals surface area contributed by atoms with Gasteiger partial charge in [-0.2, -0.15) is 4.98 Å². The van der Waals surface area contributed by atoms with Gasteiger partial charge in [0.25, 0.3) is 0 Å². The van der Waals surface area contributed by atoms with Gasteiger partial charge in [0.15, 0.2) is 5.82 Å². The minimum atomic E-state index is 0.286. The van der Waals surface area contributed by atoms with E-state index in [1.807, 2.05) is 7.05 Å². The predicted octanol–water partition coefficient (Wildman–Crippen LogP) is 1.84. The third-order valence-electron chi connectivity index (χ3n) is 4.02. The summed E-state index contributed by atoms with van der Waals surface area (Å²) in [5.74, 6) is 2.16. The first-order valence-corrected chi connectivity index (χ1v) is 7.23. The maximum Gasteiger partial charge on any atom is 0.240 e. The van der Waals surface area contributed by atoms with Gasteiger partial charge in [-0.15, -0.1) is 0 Å². The molecule has 0 spiro atoms. The minimum Gasteiger partial charge on any atom is -0.338 e. The standard InChI is InChI=1S/C14H26N4O/c1-11(2)9-12-16-13(19-17-12)10-18-7-5-14(3,15-4)6-8-18/h11,15H,5-10H2,1-4H3. The Labute approximate surface area is 115 Å². The fourth-order valence-electron chi connectivity index (χ4n) is 2.45. The third-order valence-corrected chi connectivity index (χ3v) is 4.02. The van der Waals surface area contributed by atoms with Crippen LogP contribution in [-0.4, -0.2) is 40.7 Å². The van der Waals surface area contributed by atoms with E-state index in [9.17, 15) is 0 Å². The van der Waals surface area contributed by atoms with E-state index in [1.165, 1.54) is 0 Å². The Morgan fingerprint density at radius 1 is 1.37 bits per heavy atom. The highest BCUT2D eigenvalue weighted by molar-refractivity contribution is 4.91. The van der Waals surface area contributed by atoms with Gasteiger partial charge in [0.2, 0.25) is 5.89 Å². The Morgan fingerprint density at radius 2 is 2.05 bits per heavy atom. The number of nitrogens with zero attached hydrogens (tertiary/aromatic N) is 3. The Morgan fingerprint density at radius 3 is 2.63 bits per heavy atom. The molecule has 1 aromatic heterocycles. The molecule has 1 aromatic rings. The van der Waals surface area contributed by atoms with E-state index < -0.39 is 0 Å². The van der Waals surface area contributed by atoms with Gasteiger partial charge >= 0.3 is 0 Å². The van der Waals surface area contributed by atoms with E-state index >= 15 is 0 Å². The quantitative estimate of drug-likeness (QED) is 0.881. The van der Waals surface area contributed by atoms with Crippen LogP contribution in [0.3, 0.4) is 0 Å². The first kappa shape index (κ1) is 14.5. The zero-order valence-corrected chi connectivity index (χ0v) is 12.6. The van der Waals surface area contributed by atoms with Crippen molar-refractivity contribution in [1.29, 1.82) is 0 Å². The van der Waals surface area contributed by atoms with Crippen LogP contribution in [0.4, 0.5) is 0 Å². The summed E-state index contributed by atoms with van der Waals surface area (Å²) in [5, 5.41) is 7.45. The van der Waals surface area contributed by atoms with Gasteiger partial charge in [0.1, 0.15) is 0 Å². The molecule has 2 rings (SSSR count). The maximum absolute atomic E-state index is 5.33. The van der Waals surface area contributed by atoms with Gasteiger partial charge < -0.3 is 9.84 Å². The molecular weight excluding hydrogens is 240 g/mol. The first-order valence-electron chi connectivity index (χ1n) is 7.23. The predicted molar refractivity (Wildman–Crippen MR) is 74.8 cm³/mol. The number of rotatable bonds is 5. The van der Waals surface area contributed by atoms with E-state index in [0.29, 0.717) is 5.92 Å². The van der Waals surface area contributed by atoms with Gasteiger partial charge in [-0.05, 0) is 32.7 Å². The van der Waals surface area contributed by atoms with E-state index in [2.05, 4.69) is 41.1 Å². The summed E-state index contributed by atoms with van der Waals surface area (Å²) in [5.41, 5.74) is 0.286. The Kier molecular flexibility index (Phi) is 4.58. The molecule has 1 aliphatic rings. The molecule has 0 aromatic carbocycles. The second-order valence-corrected chi connectivity index (χ2v) is 6.29. The molecule has 0 unspecified atom stereocenters. The molecule has 1 N–H and O–H groups in total. The van der Waals surface area contributed by atoms with E-state index in [-0.39, 0.29) is 5.54 Å². The summed E-state index contributed by atoms with van der Waals surface area (Å²) < 4.78 is 5.33. The molecule has 5 nitrogen and oxygen atoms in total. The Bertz CT molecular complexity index is 394. The lowest BCUT2D eigenvalue weighted by molar-refractivity contribution is 0.133. The van der Waals surface area contributed by atoms with Crippen LogP contribution in [-0.2, 0) is 13.0 Å². The summed E-state index contributed by atoms with van der Waals surface area (Å²) in [6.45, 7) is 9.57. The number of hydrogen-bond donors (Lipinski definition) is 1. The van der Waals surface area contributed by atoms with Crippen molar-refractivity contribution in [3.8, 4) is 0 Å². The summed E-state index contributed by atoms with van der Waals surface area (Å²) in [6, 6.07) is 0. The Hall–Kier alpha value is -0.940. The van der Waals surface area contributed by atoms with Gasteiger partial charge in [-0.25, -0.2) is 0 Å². The molecule has 0 saturated carbocycles. The SMILES string of the molecule is CNC1(C)CCN(Cc2nc(CC(C)C)no2)CC1. The average molecular weight is 266 g/mol. The topological polar surface area (TPSA) is 54.2 Å². The average Bonchev–Trinajstić information content (AvgIpc) is 2.79. The van der Waals surface area contributed by atoms with Crippen LogP contribution in [0.5, 0.6) is 0 Å². The third kappa shape index (κ3) is 4.01. The normalized spacial score (nSPS) is 20.1. The van der Waals surface area contributed by atoms with Crippen LogP contribution in [0.1, 0.15) is 45.3 Å². The molecule has 19 heavy (non-hydrogen) atoms. The summed E-state index contributed by atoms with van der Waals surface area (Å²) in [7, 11) is 2.05. The van der Waals surface area contributed by atoms with Crippen molar-refractivity contribution >= 4 is 0 Å². The molecular formula is C14H26N4O. The molecule has 0 bridgehead atoms. The molecule has 2 heterocycles. The van der Waals surface area contributed by atoms with Crippen molar-refractivity contribution in [3.05, 3.63) is 11.7 Å². The smallest absolute Gasteiger partial charge is 0.240 e. The van der Waals surface area contributed by atoms with Crippen LogP contribution < -0.4 is 5.32 Å². The lowest BCUT2D eigenvalue weighted by Crippen LogP contribution is -2.49. The zero-order valence-electron chi connectivity index (χ0n) is 12.6. The summed E-state index contributed by atoms with van der Waals surface area (Å²) >= 11 is 0. The highest BCUT2D eigenvalue weighted by Gasteiger charge is 2.28. The largest absolute Gasteiger partial charge is 0.338 e. The molecule has 0 amide bonds. The highest BCUT2D eigenvalue weighted by atomic mass is 16.5. The minimum absolute atomic E-state index is 0.286. The molecule has 0 aliphatic carbocycles. The van der Waals surface area contributed by atoms with Crippen molar-refractivity contribution in [2.24, 2.45) is 5.92 Å². The van der Waals surface area contributed by atoms with Crippen molar-refractivity contribution in [2.75, 3.05) is 20.1 Å². The van der Waals surface area contributed by atoms with E-state index in [1.54, 1.807) is 0 Å². The number of likely N-dealkylation sites (tertiary alicyclic amines) is 1. The zero-order chi connectivity index (χ0) is 13.9. The fourth-order valence-corrected chi connectivity index (χ4v) is 2.45. The number of nitrogens with one attached hydrogen (secondary N) is 1. The molecule has 5 heteroatoms. The van der Waals surface area contributed by atoms with Crippen LogP contribution in [0.15, 0.2) is 4.52 Å². The van der Waals surface area contributed by atoms with Crippen LogP contribution in [0.2, 0.25) is 0 Å². The Balaban J connectivity index is 1.84. The second-order valence-electron chi connectivity index (χ2n) is 6.29. The van der Waals surface area contributed by atoms with Crippen LogP contribution in [0.25, 0.3) is 0 Å². The highest BCUT2D eigenvalue weighted by Crippen LogP contribution is 2.22. The van der Waals surface area contributed by atoms with Gasteiger partial charge in [0.05, 0.1) is 6.54 Å². The van der Waals surface area contributed by atoms with Crippen molar-refractivity contribution < 1.29 is 4.52 Å². The molecule has 1 aliphatic heterocycles. The molecule has 0 radical (unpaired) electrons. The second kappa shape index (κ2) is 6.01. The lowest BCUT2D eigenvalue weighted by atomic mass is 9.90. The van der Waals surface area contributed by atoms with Gasteiger partial charge in [-0.3, -0.25) is 4.90 Å².